The molecule has 0 N–H and O–H groups in total. The molecule has 7 nitrogen and oxygen atoms in total. The van der Waals surface area contributed by atoms with Crippen LogP contribution in [0.5, 0.6) is 11.5 Å². The van der Waals surface area contributed by atoms with Crippen molar-refractivity contribution in [2.75, 3.05) is 40.4 Å². The number of thiazole rings is 1. The zero-order valence-electron chi connectivity index (χ0n) is 15.7. The lowest BCUT2D eigenvalue weighted by Crippen LogP contribution is -2.51. The summed E-state index contributed by atoms with van der Waals surface area (Å²) in [5.41, 5.74) is 1.33. The molecule has 1 fully saturated rings. The molecule has 8 heteroatoms. The fourth-order valence-electron chi connectivity index (χ4n) is 3.03. The molecule has 27 heavy (non-hydrogen) atoms. The lowest BCUT2D eigenvalue weighted by Gasteiger charge is -2.34. The normalized spacial score (nSPS) is 14.2. The molecule has 1 aliphatic rings. The molecule has 2 amide bonds. The lowest BCUT2D eigenvalue weighted by molar-refractivity contribution is -0.132. The van der Waals surface area contributed by atoms with E-state index < -0.39 is 0 Å². The van der Waals surface area contributed by atoms with Gasteiger partial charge in [-0.3, -0.25) is 9.59 Å². The smallest absolute Gasteiger partial charge is 0.254 e. The lowest BCUT2D eigenvalue weighted by atomic mass is 10.1. The first-order chi connectivity index (χ1) is 13.0. The van der Waals surface area contributed by atoms with Gasteiger partial charge in [0, 0.05) is 43.2 Å². The average Bonchev–Trinajstić information content (AvgIpc) is 3.11. The van der Waals surface area contributed by atoms with Crippen LogP contribution in [0.3, 0.4) is 0 Å². The number of amides is 2. The zero-order valence-corrected chi connectivity index (χ0v) is 16.5. The van der Waals surface area contributed by atoms with Gasteiger partial charge >= 0.3 is 0 Å². The van der Waals surface area contributed by atoms with Crippen LogP contribution in [0.15, 0.2) is 23.6 Å². The summed E-state index contributed by atoms with van der Waals surface area (Å²) >= 11 is 1.55. The second-order valence-corrected chi connectivity index (χ2v) is 7.37. The van der Waals surface area contributed by atoms with Gasteiger partial charge in [-0.05, 0) is 19.1 Å². The van der Waals surface area contributed by atoms with Gasteiger partial charge in [0.05, 0.1) is 31.3 Å². The molecule has 2 aromatic rings. The first kappa shape index (κ1) is 19.2. The van der Waals surface area contributed by atoms with Crippen molar-refractivity contribution in [1.29, 1.82) is 0 Å². The highest BCUT2D eigenvalue weighted by atomic mass is 32.1. The summed E-state index contributed by atoms with van der Waals surface area (Å²) in [5, 5.41) is 2.88. The Bertz CT molecular complexity index is 806. The Morgan fingerprint density at radius 3 is 2.15 bits per heavy atom. The van der Waals surface area contributed by atoms with Crippen LogP contribution >= 0.6 is 11.3 Å². The SMILES string of the molecule is COc1cc(OC)cc(C(=O)N2CCN(C(=O)Cc3csc(C)n3)CC2)c1. The van der Waals surface area contributed by atoms with E-state index in [-0.39, 0.29) is 11.8 Å². The van der Waals surface area contributed by atoms with Gasteiger partial charge in [-0.15, -0.1) is 11.3 Å². The van der Waals surface area contributed by atoms with Crippen molar-refractivity contribution in [3.05, 3.63) is 39.8 Å². The third kappa shape index (κ3) is 4.57. The third-order valence-electron chi connectivity index (χ3n) is 4.52. The minimum atomic E-state index is -0.0885. The number of ether oxygens (including phenoxy) is 2. The maximum atomic E-state index is 12.8. The van der Waals surface area contributed by atoms with Crippen molar-refractivity contribution in [2.24, 2.45) is 0 Å². The van der Waals surface area contributed by atoms with Crippen molar-refractivity contribution in [3.8, 4) is 11.5 Å². The largest absolute Gasteiger partial charge is 0.497 e. The molecule has 144 valence electrons. The molecule has 0 unspecified atom stereocenters. The fraction of sp³-hybridized carbons (Fsp3) is 0.421. The number of nitrogens with zero attached hydrogens (tertiary/aromatic N) is 3. The van der Waals surface area contributed by atoms with Crippen molar-refractivity contribution in [3.63, 3.8) is 0 Å². The van der Waals surface area contributed by atoms with Crippen LogP contribution in [0.1, 0.15) is 21.1 Å². The molecular formula is C19H23N3O4S. The molecule has 0 aliphatic carbocycles. The minimum absolute atomic E-state index is 0.0513. The van der Waals surface area contributed by atoms with E-state index in [1.165, 1.54) is 0 Å². The molecule has 2 heterocycles. The topological polar surface area (TPSA) is 72.0 Å². The molecule has 3 rings (SSSR count). The molecule has 0 bridgehead atoms. The van der Waals surface area contributed by atoms with Crippen molar-refractivity contribution >= 4 is 23.2 Å². The predicted octanol–water partition coefficient (Wildman–Crippen LogP) is 2.00. The highest BCUT2D eigenvalue weighted by Crippen LogP contribution is 2.24. The molecule has 0 spiro atoms. The van der Waals surface area contributed by atoms with Gasteiger partial charge in [0.15, 0.2) is 0 Å². The number of hydrogen-bond donors (Lipinski definition) is 0. The summed E-state index contributed by atoms with van der Waals surface area (Å²) in [6.45, 7) is 3.97. The number of hydrogen-bond acceptors (Lipinski definition) is 6. The van der Waals surface area contributed by atoms with Crippen LogP contribution < -0.4 is 9.47 Å². The Hall–Kier alpha value is -2.61. The molecule has 0 radical (unpaired) electrons. The Morgan fingerprint density at radius 2 is 1.63 bits per heavy atom. The van der Waals surface area contributed by atoms with Crippen molar-refractivity contribution in [1.82, 2.24) is 14.8 Å². The van der Waals surface area contributed by atoms with Crippen LogP contribution in [0.4, 0.5) is 0 Å². The Balaban J connectivity index is 1.60. The predicted molar refractivity (Wildman–Crippen MR) is 103 cm³/mol. The van der Waals surface area contributed by atoms with Gasteiger partial charge < -0.3 is 19.3 Å². The summed E-state index contributed by atoms with van der Waals surface area (Å²) < 4.78 is 10.5. The van der Waals surface area contributed by atoms with E-state index in [2.05, 4.69) is 4.98 Å². The second kappa shape index (κ2) is 8.39. The summed E-state index contributed by atoms with van der Waals surface area (Å²) in [5.74, 6) is 1.11. The average molecular weight is 389 g/mol. The zero-order chi connectivity index (χ0) is 19.4. The van der Waals surface area contributed by atoms with Gasteiger partial charge in [-0.1, -0.05) is 0 Å². The van der Waals surface area contributed by atoms with Crippen LogP contribution in [0.2, 0.25) is 0 Å². The van der Waals surface area contributed by atoms with Crippen molar-refractivity contribution < 1.29 is 19.1 Å². The summed E-state index contributed by atoms with van der Waals surface area (Å²) in [7, 11) is 3.11. The van der Waals surface area contributed by atoms with E-state index in [0.717, 1.165) is 10.7 Å². The number of benzene rings is 1. The molecule has 1 aromatic carbocycles. The fourth-order valence-corrected chi connectivity index (χ4v) is 3.64. The number of aromatic nitrogens is 1. The van der Waals surface area contributed by atoms with Crippen LogP contribution in [0, 0.1) is 6.92 Å². The van der Waals surface area contributed by atoms with Crippen LogP contribution in [0.25, 0.3) is 0 Å². The quantitative estimate of drug-likeness (QED) is 0.782. The number of rotatable bonds is 5. The molecule has 1 saturated heterocycles. The number of carbonyl (C=O) groups is 2. The van der Waals surface area contributed by atoms with E-state index in [1.54, 1.807) is 53.6 Å². The van der Waals surface area contributed by atoms with E-state index in [0.29, 0.717) is 49.7 Å². The molecule has 0 atom stereocenters. The first-order valence-electron chi connectivity index (χ1n) is 8.71. The summed E-state index contributed by atoms with van der Waals surface area (Å²) in [6, 6.07) is 5.13. The van der Waals surface area contributed by atoms with E-state index in [4.69, 9.17) is 9.47 Å². The van der Waals surface area contributed by atoms with Gasteiger partial charge in [0.25, 0.3) is 5.91 Å². The number of carbonyl (C=O) groups excluding carboxylic acids is 2. The first-order valence-corrected chi connectivity index (χ1v) is 9.59. The molecule has 0 saturated carbocycles. The van der Waals surface area contributed by atoms with Crippen LogP contribution in [-0.2, 0) is 11.2 Å². The standard InChI is InChI=1S/C19H23N3O4S/c1-13-20-15(12-27-13)10-18(23)21-4-6-22(7-5-21)19(24)14-8-16(25-2)11-17(9-14)26-3/h8-9,11-12H,4-7,10H2,1-3H3. The highest BCUT2D eigenvalue weighted by molar-refractivity contribution is 7.09. The number of methoxy groups -OCH3 is 2. The van der Waals surface area contributed by atoms with E-state index >= 15 is 0 Å². The Morgan fingerprint density at radius 1 is 1.04 bits per heavy atom. The van der Waals surface area contributed by atoms with Crippen LogP contribution in [-0.4, -0.2) is 67.0 Å². The minimum Gasteiger partial charge on any atom is -0.497 e. The van der Waals surface area contributed by atoms with E-state index in [9.17, 15) is 9.59 Å². The monoisotopic (exact) mass is 389 g/mol. The highest BCUT2D eigenvalue weighted by Gasteiger charge is 2.25. The third-order valence-corrected chi connectivity index (χ3v) is 5.34. The second-order valence-electron chi connectivity index (χ2n) is 6.31. The number of aryl methyl sites for hydroxylation is 1. The van der Waals surface area contributed by atoms with Gasteiger partial charge in [0.1, 0.15) is 11.5 Å². The number of piperazine rings is 1. The van der Waals surface area contributed by atoms with E-state index in [1.807, 2.05) is 12.3 Å². The maximum Gasteiger partial charge on any atom is 0.254 e. The van der Waals surface area contributed by atoms with Gasteiger partial charge in [0.2, 0.25) is 5.91 Å². The summed E-state index contributed by atoms with van der Waals surface area (Å²) in [4.78, 5) is 33.1. The maximum absolute atomic E-state index is 12.8. The summed E-state index contributed by atoms with van der Waals surface area (Å²) in [6.07, 6.45) is 0.311. The van der Waals surface area contributed by atoms with Gasteiger partial charge in [-0.2, -0.15) is 0 Å². The van der Waals surface area contributed by atoms with Crippen molar-refractivity contribution in [2.45, 2.75) is 13.3 Å². The Labute approximate surface area is 162 Å². The van der Waals surface area contributed by atoms with Gasteiger partial charge in [-0.25, -0.2) is 4.98 Å². The molecular weight excluding hydrogens is 366 g/mol. The molecule has 1 aromatic heterocycles. The Kier molecular flexibility index (Phi) is 5.95. The molecule has 1 aliphatic heterocycles.